The summed E-state index contributed by atoms with van der Waals surface area (Å²) in [7, 11) is 0. The third kappa shape index (κ3) is 3.55. The monoisotopic (exact) mass is 385 g/mol. The molecule has 1 aromatic carbocycles. The molecule has 8 nitrogen and oxygen atoms in total. The van der Waals surface area contributed by atoms with Crippen LogP contribution >= 0.6 is 0 Å². The van der Waals surface area contributed by atoms with E-state index in [1.807, 2.05) is 36.4 Å². The highest BCUT2D eigenvalue weighted by molar-refractivity contribution is 5.99. The van der Waals surface area contributed by atoms with Gasteiger partial charge in [-0.3, -0.25) is 14.6 Å². The first-order valence-electron chi connectivity index (χ1n) is 8.87. The normalized spacial score (nSPS) is 10.8. The van der Waals surface area contributed by atoms with E-state index in [0.29, 0.717) is 12.2 Å². The van der Waals surface area contributed by atoms with Gasteiger partial charge in [0.15, 0.2) is 5.65 Å². The van der Waals surface area contributed by atoms with Crippen LogP contribution < -0.4 is 10.6 Å². The van der Waals surface area contributed by atoms with Crippen LogP contribution in [0.5, 0.6) is 0 Å². The fraction of sp³-hybridized carbons (Fsp3) is 0.0952. The number of fused-ring (bicyclic) bond motifs is 1. The van der Waals surface area contributed by atoms with Crippen molar-refractivity contribution in [2.75, 3.05) is 4.90 Å². The molecule has 3 heterocycles. The summed E-state index contributed by atoms with van der Waals surface area (Å²) >= 11 is 0. The number of benzene rings is 1. The number of carbonyl (C=O) groups excluding carboxylic acids is 2. The zero-order valence-electron chi connectivity index (χ0n) is 15.6. The van der Waals surface area contributed by atoms with Crippen LogP contribution in [0.1, 0.15) is 22.8 Å². The second-order valence-electron chi connectivity index (χ2n) is 6.46. The van der Waals surface area contributed by atoms with Crippen molar-refractivity contribution in [3.05, 3.63) is 78.4 Å². The van der Waals surface area contributed by atoms with Gasteiger partial charge in [-0.15, -0.1) is 5.10 Å². The molecule has 0 atom stereocenters. The smallest absolute Gasteiger partial charge is 0.252 e. The molecule has 0 saturated carbocycles. The molecule has 2 N–H and O–H groups in total. The van der Waals surface area contributed by atoms with Crippen molar-refractivity contribution in [2.24, 2.45) is 5.73 Å². The van der Waals surface area contributed by atoms with E-state index in [1.54, 1.807) is 29.4 Å². The van der Waals surface area contributed by atoms with E-state index >= 15 is 0 Å². The van der Waals surface area contributed by atoms with Crippen molar-refractivity contribution in [3.63, 3.8) is 0 Å². The predicted octanol–water partition coefficient (Wildman–Crippen LogP) is 2.24. The molecule has 8 heteroatoms. The maximum atomic E-state index is 12.2. The highest BCUT2D eigenvalue weighted by Gasteiger charge is 2.15. The van der Waals surface area contributed by atoms with Crippen LogP contribution in [0.2, 0.25) is 0 Å². The number of amides is 2. The molecule has 4 rings (SSSR count). The molecule has 0 aliphatic carbocycles. The van der Waals surface area contributed by atoms with Crippen LogP contribution in [-0.4, -0.2) is 31.4 Å². The first kappa shape index (κ1) is 18.3. The van der Waals surface area contributed by atoms with Gasteiger partial charge in [-0.25, -0.2) is 9.50 Å². The average Bonchev–Trinajstić information content (AvgIpc) is 3.22. The molecule has 1 radical (unpaired) electrons. The van der Waals surface area contributed by atoms with Crippen LogP contribution in [-0.2, 0) is 11.3 Å². The number of pyridine rings is 2. The first-order chi connectivity index (χ1) is 14.0. The van der Waals surface area contributed by atoms with Gasteiger partial charge in [0.25, 0.3) is 5.91 Å². The number of aromatic nitrogens is 4. The fourth-order valence-corrected chi connectivity index (χ4v) is 3.14. The summed E-state index contributed by atoms with van der Waals surface area (Å²) in [5.41, 5.74) is 9.30. The molecule has 0 saturated heterocycles. The minimum absolute atomic E-state index is 0.0688. The van der Waals surface area contributed by atoms with Crippen LogP contribution in [0, 0.1) is 6.33 Å². The van der Waals surface area contributed by atoms with E-state index < -0.39 is 5.91 Å². The van der Waals surface area contributed by atoms with E-state index in [4.69, 9.17) is 5.73 Å². The van der Waals surface area contributed by atoms with Gasteiger partial charge in [0, 0.05) is 30.6 Å². The van der Waals surface area contributed by atoms with Gasteiger partial charge in [-0.2, -0.15) is 0 Å². The maximum Gasteiger partial charge on any atom is 0.252 e. The number of anilines is 1. The van der Waals surface area contributed by atoms with Gasteiger partial charge in [-0.1, -0.05) is 18.2 Å². The van der Waals surface area contributed by atoms with Crippen molar-refractivity contribution in [1.29, 1.82) is 0 Å². The molecule has 2 amide bonds. The van der Waals surface area contributed by atoms with E-state index in [1.165, 1.54) is 11.4 Å². The fourth-order valence-electron chi connectivity index (χ4n) is 3.14. The van der Waals surface area contributed by atoms with Gasteiger partial charge < -0.3 is 10.6 Å². The number of hydrogen-bond acceptors (Lipinski definition) is 5. The Balaban J connectivity index is 1.68. The Bertz CT molecular complexity index is 1190. The molecule has 0 aliphatic heterocycles. The lowest BCUT2D eigenvalue weighted by Gasteiger charge is -2.21. The van der Waals surface area contributed by atoms with E-state index in [9.17, 15) is 9.59 Å². The summed E-state index contributed by atoms with van der Waals surface area (Å²) in [4.78, 5) is 33.5. The topological polar surface area (TPSA) is 106 Å². The van der Waals surface area contributed by atoms with Crippen molar-refractivity contribution in [2.45, 2.75) is 13.5 Å². The van der Waals surface area contributed by atoms with E-state index in [0.717, 1.165) is 22.5 Å². The van der Waals surface area contributed by atoms with Crippen LogP contribution in [0.3, 0.4) is 0 Å². The average molecular weight is 385 g/mol. The Morgan fingerprint density at radius 2 is 1.93 bits per heavy atom. The molecular weight excluding hydrogens is 368 g/mol. The van der Waals surface area contributed by atoms with E-state index in [-0.39, 0.29) is 11.5 Å². The van der Waals surface area contributed by atoms with Crippen LogP contribution in [0.4, 0.5) is 5.69 Å². The zero-order chi connectivity index (χ0) is 20.4. The highest BCUT2D eigenvalue weighted by Crippen LogP contribution is 2.25. The summed E-state index contributed by atoms with van der Waals surface area (Å²) in [5.74, 6) is -0.647. The second kappa shape index (κ2) is 7.51. The molecule has 0 aliphatic rings. The third-order valence-corrected chi connectivity index (χ3v) is 4.56. The Labute approximate surface area is 166 Å². The van der Waals surface area contributed by atoms with Gasteiger partial charge in [0.1, 0.15) is 0 Å². The lowest BCUT2D eigenvalue weighted by atomic mass is 10.1. The Hall–Kier alpha value is -4.07. The number of primary amides is 1. The Morgan fingerprint density at radius 1 is 1.14 bits per heavy atom. The minimum Gasteiger partial charge on any atom is -0.365 e. The van der Waals surface area contributed by atoms with Gasteiger partial charge >= 0.3 is 0 Å². The second-order valence-corrected chi connectivity index (χ2v) is 6.46. The van der Waals surface area contributed by atoms with Gasteiger partial charge in [0.2, 0.25) is 12.2 Å². The summed E-state index contributed by atoms with van der Waals surface area (Å²) in [5, 5.41) is 4.08. The van der Waals surface area contributed by atoms with Crippen LogP contribution in [0.15, 0.2) is 60.9 Å². The molecule has 0 unspecified atom stereocenters. The maximum absolute atomic E-state index is 12.2. The molecule has 0 fully saturated rings. The predicted molar refractivity (Wildman–Crippen MR) is 107 cm³/mol. The summed E-state index contributed by atoms with van der Waals surface area (Å²) in [6, 6.07) is 14.6. The zero-order valence-corrected chi connectivity index (χ0v) is 15.6. The molecule has 0 bridgehead atoms. The van der Waals surface area contributed by atoms with E-state index in [2.05, 4.69) is 21.4 Å². The largest absolute Gasteiger partial charge is 0.365 e. The lowest BCUT2D eigenvalue weighted by Crippen LogP contribution is -2.27. The molecule has 29 heavy (non-hydrogen) atoms. The van der Waals surface area contributed by atoms with Crippen molar-refractivity contribution >= 4 is 23.1 Å². The van der Waals surface area contributed by atoms with Crippen molar-refractivity contribution in [1.82, 2.24) is 19.6 Å². The van der Waals surface area contributed by atoms with Crippen LogP contribution in [0.25, 0.3) is 16.9 Å². The molecule has 3 aromatic heterocycles. The number of nitrogens with two attached hydrogens (primary N) is 1. The lowest BCUT2D eigenvalue weighted by molar-refractivity contribution is -0.116. The molecule has 143 valence electrons. The third-order valence-electron chi connectivity index (χ3n) is 4.56. The molecule has 4 aromatic rings. The molecular formula is C21H17N6O2. The Kier molecular flexibility index (Phi) is 4.74. The minimum atomic E-state index is -0.578. The number of rotatable bonds is 5. The summed E-state index contributed by atoms with van der Waals surface area (Å²) in [6.07, 6.45) is 5.95. The first-order valence-corrected chi connectivity index (χ1v) is 8.87. The quantitative estimate of drug-likeness (QED) is 0.567. The van der Waals surface area contributed by atoms with Gasteiger partial charge in [-0.05, 0) is 35.9 Å². The van der Waals surface area contributed by atoms with Crippen molar-refractivity contribution < 1.29 is 9.59 Å². The summed E-state index contributed by atoms with van der Waals surface area (Å²) < 4.78 is 1.52. The number of hydrogen-bond donors (Lipinski definition) is 1. The summed E-state index contributed by atoms with van der Waals surface area (Å²) in [6.45, 7) is 1.96. The number of nitrogens with zero attached hydrogens (tertiary/aromatic N) is 5. The van der Waals surface area contributed by atoms with Crippen molar-refractivity contribution in [3.8, 4) is 11.3 Å². The Morgan fingerprint density at radius 3 is 2.59 bits per heavy atom. The van der Waals surface area contributed by atoms with Gasteiger partial charge in [0.05, 0.1) is 17.8 Å². The number of carbonyl (C=O) groups is 2. The standard InChI is InChI=1S/C21H17N6O2/c1-14(28)26(12-15-3-2-10-23-11-15)17-6-4-16(5-7-17)19-9-8-18(20(22)29)21-24-13-25-27(19)21/h2-11H,12H2,1H3,(H2,22,29). The molecule has 0 spiro atoms. The highest BCUT2D eigenvalue weighted by atomic mass is 16.2. The SMILES string of the molecule is CC(=O)N(Cc1cccnc1)c1ccc(-c2ccc(C(N)=O)c3n[c]nn23)cc1.